The molecule has 0 radical (unpaired) electrons. The minimum atomic E-state index is -0.224. The first-order valence-corrected chi connectivity index (χ1v) is 8.62. The molecule has 1 fully saturated rings. The van der Waals surface area contributed by atoms with E-state index in [1.54, 1.807) is 6.07 Å². The zero-order valence-electron chi connectivity index (χ0n) is 14.1. The predicted octanol–water partition coefficient (Wildman–Crippen LogP) is 3.50. The topological polar surface area (TPSA) is 50.8 Å². The highest BCUT2D eigenvalue weighted by Gasteiger charge is 2.16. The summed E-state index contributed by atoms with van der Waals surface area (Å²) in [6, 6.07) is 13.2. The number of rotatable bonds is 5. The van der Waals surface area contributed by atoms with Gasteiger partial charge in [0.2, 0.25) is 0 Å². The van der Waals surface area contributed by atoms with Gasteiger partial charge < -0.3 is 19.7 Å². The monoisotopic (exact) mass is 360 g/mol. The number of benzene rings is 2. The van der Waals surface area contributed by atoms with E-state index in [2.05, 4.69) is 10.2 Å². The number of halogens is 1. The largest absolute Gasteiger partial charge is 0.482 e. The first-order chi connectivity index (χ1) is 12.1. The first-order valence-electron chi connectivity index (χ1n) is 8.24. The van der Waals surface area contributed by atoms with E-state index >= 15 is 0 Å². The van der Waals surface area contributed by atoms with E-state index in [0.29, 0.717) is 24.0 Å². The zero-order chi connectivity index (χ0) is 17.6. The second-order valence-corrected chi connectivity index (χ2v) is 6.29. The highest BCUT2D eigenvalue weighted by molar-refractivity contribution is 6.32. The Morgan fingerprint density at radius 1 is 1.24 bits per heavy atom. The molecule has 0 spiro atoms. The second-order valence-electron chi connectivity index (χ2n) is 5.89. The van der Waals surface area contributed by atoms with E-state index in [-0.39, 0.29) is 12.5 Å². The molecule has 6 heteroatoms. The minimum absolute atomic E-state index is 0.0966. The van der Waals surface area contributed by atoms with Gasteiger partial charge in [0.1, 0.15) is 5.75 Å². The van der Waals surface area contributed by atoms with Crippen molar-refractivity contribution in [3.8, 4) is 5.75 Å². The molecular formula is C19H21ClN2O3. The number of aryl methyl sites for hydroxylation is 1. The molecule has 3 rings (SSSR count). The van der Waals surface area contributed by atoms with Gasteiger partial charge in [-0.25, -0.2) is 0 Å². The van der Waals surface area contributed by atoms with Crippen LogP contribution in [0.2, 0.25) is 5.02 Å². The average molecular weight is 361 g/mol. The number of carbonyl (C=O) groups excluding carboxylic acids is 1. The van der Waals surface area contributed by atoms with Crippen LogP contribution in [0.1, 0.15) is 5.56 Å². The van der Waals surface area contributed by atoms with Crippen molar-refractivity contribution in [1.82, 2.24) is 0 Å². The summed E-state index contributed by atoms with van der Waals surface area (Å²) < 4.78 is 10.9. The summed E-state index contributed by atoms with van der Waals surface area (Å²) in [5.74, 6) is 0.288. The molecule has 1 aliphatic heterocycles. The lowest BCUT2D eigenvalue weighted by Gasteiger charge is -2.30. The molecule has 0 aromatic heterocycles. The molecule has 1 heterocycles. The Bertz CT molecular complexity index is 745. The van der Waals surface area contributed by atoms with Crippen molar-refractivity contribution in [1.29, 1.82) is 0 Å². The third kappa shape index (κ3) is 4.65. The van der Waals surface area contributed by atoms with Crippen LogP contribution in [0.15, 0.2) is 42.5 Å². The summed E-state index contributed by atoms with van der Waals surface area (Å²) >= 11 is 6.09. The Balaban J connectivity index is 1.64. The molecule has 5 nitrogen and oxygen atoms in total. The van der Waals surface area contributed by atoms with Crippen LogP contribution in [-0.2, 0) is 9.53 Å². The van der Waals surface area contributed by atoms with Crippen LogP contribution in [0.5, 0.6) is 5.75 Å². The maximum absolute atomic E-state index is 12.3. The number of nitrogens with zero attached hydrogens (tertiary/aromatic N) is 1. The van der Waals surface area contributed by atoms with Crippen LogP contribution >= 0.6 is 11.6 Å². The average Bonchev–Trinajstić information content (AvgIpc) is 2.64. The van der Waals surface area contributed by atoms with Gasteiger partial charge in [-0.2, -0.15) is 0 Å². The molecular weight excluding hydrogens is 340 g/mol. The summed E-state index contributed by atoms with van der Waals surface area (Å²) in [6.45, 7) is 4.85. The molecule has 1 N–H and O–H groups in total. The van der Waals surface area contributed by atoms with E-state index in [1.165, 1.54) is 0 Å². The maximum Gasteiger partial charge on any atom is 0.262 e. The Hall–Kier alpha value is -2.24. The quantitative estimate of drug-likeness (QED) is 0.886. The summed E-state index contributed by atoms with van der Waals surface area (Å²) in [5.41, 5.74) is 2.79. The Morgan fingerprint density at radius 3 is 2.80 bits per heavy atom. The van der Waals surface area contributed by atoms with E-state index in [0.717, 1.165) is 30.0 Å². The SMILES string of the molecule is Cc1ccc(Cl)c(OCC(=O)Nc2ccccc2N2CCOCC2)c1. The minimum Gasteiger partial charge on any atom is -0.482 e. The van der Waals surface area contributed by atoms with Crippen molar-refractivity contribution < 1.29 is 14.3 Å². The second kappa shape index (κ2) is 8.23. The molecule has 1 amide bonds. The molecule has 25 heavy (non-hydrogen) atoms. The van der Waals surface area contributed by atoms with Gasteiger partial charge in [-0.3, -0.25) is 4.79 Å². The molecule has 0 atom stereocenters. The number of morpholine rings is 1. The lowest BCUT2D eigenvalue weighted by atomic mass is 10.2. The van der Waals surface area contributed by atoms with Crippen LogP contribution in [0, 0.1) is 6.92 Å². The molecule has 132 valence electrons. The van der Waals surface area contributed by atoms with Crippen molar-refractivity contribution >= 4 is 28.9 Å². The zero-order valence-corrected chi connectivity index (χ0v) is 14.9. The third-order valence-corrected chi connectivity index (χ3v) is 4.29. The number of amides is 1. The maximum atomic E-state index is 12.3. The van der Waals surface area contributed by atoms with Gasteiger partial charge in [-0.15, -0.1) is 0 Å². The van der Waals surface area contributed by atoms with Crippen LogP contribution in [0.4, 0.5) is 11.4 Å². The third-order valence-electron chi connectivity index (χ3n) is 3.98. The Morgan fingerprint density at radius 2 is 2.00 bits per heavy atom. The normalized spacial score (nSPS) is 14.2. The Kier molecular flexibility index (Phi) is 5.79. The number of para-hydroxylation sites is 2. The fourth-order valence-electron chi connectivity index (χ4n) is 2.71. The number of nitrogens with one attached hydrogen (secondary N) is 1. The van der Waals surface area contributed by atoms with E-state index < -0.39 is 0 Å². The van der Waals surface area contributed by atoms with Gasteiger partial charge in [0.05, 0.1) is 29.6 Å². The van der Waals surface area contributed by atoms with E-state index in [9.17, 15) is 4.79 Å². The van der Waals surface area contributed by atoms with Crippen molar-refractivity contribution in [3.63, 3.8) is 0 Å². The van der Waals surface area contributed by atoms with Gasteiger partial charge in [-0.1, -0.05) is 29.8 Å². The summed E-state index contributed by atoms with van der Waals surface area (Å²) in [7, 11) is 0. The summed E-state index contributed by atoms with van der Waals surface area (Å²) in [6.07, 6.45) is 0. The number of carbonyl (C=O) groups is 1. The van der Waals surface area contributed by atoms with Crippen LogP contribution < -0.4 is 15.0 Å². The van der Waals surface area contributed by atoms with Crippen molar-refractivity contribution in [2.75, 3.05) is 43.1 Å². The fraction of sp³-hybridized carbons (Fsp3) is 0.316. The summed E-state index contributed by atoms with van der Waals surface area (Å²) in [5, 5.41) is 3.42. The molecule has 0 saturated carbocycles. The molecule has 0 bridgehead atoms. The number of ether oxygens (including phenoxy) is 2. The van der Waals surface area contributed by atoms with Gasteiger partial charge in [-0.05, 0) is 36.8 Å². The lowest BCUT2D eigenvalue weighted by molar-refractivity contribution is -0.118. The standard InChI is InChI=1S/C19H21ClN2O3/c1-14-6-7-15(20)18(12-14)25-13-19(23)21-16-4-2-3-5-17(16)22-8-10-24-11-9-22/h2-7,12H,8-11,13H2,1H3,(H,21,23). The molecule has 2 aromatic carbocycles. The highest BCUT2D eigenvalue weighted by Crippen LogP contribution is 2.27. The van der Waals surface area contributed by atoms with Gasteiger partial charge in [0.15, 0.2) is 6.61 Å². The van der Waals surface area contributed by atoms with Crippen LogP contribution in [0.25, 0.3) is 0 Å². The van der Waals surface area contributed by atoms with Gasteiger partial charge in [0, 0.05) is 13.1 Å². The highest BCUT2D eigenvalue weighted by atomic mass is 35.5. The molecule has 2 aromatic rings. The van der Waals surface area contributed by atoms with Crippen molar-refractivity contribution in [2.24, 2.45) is 0 Å². The van der Waals surface area contributed by atoms with Crippen molar-refractivity contribution in [2.45, 2.75) is 6.92 Å². The van der Waals surface area contributed by atoms with Crippen LogP contribution in [-0.4, -0.2) is 38.8 Å². The molecule has 1 aliphatic rings. The fourth-order valence-corrected chi connectivity index (χ4v) is 2.88. The van der Waals surface area contributed by atoms with Crippen molar-refractivity contribution in [3.05, 3.63) is 53.1 Å². The first kappa shape index (κ1) is 17.6. The Labute approximate surface area is 152 Å². The predicted molar refractivity (Wildman–Crippen MR) is 99.8 cm³/mol. The van der Waals surface area contributed by atoms with E-state index in [4.69, 9.17) is 21.1 Å². The smallest absolute Gasteiger partial charge is 0.262 e. The summed E-state index contributed by atoms with van der Waals surface area (Å²) in [4.78, 5) is 14.5. The van der Waals surface area contributed by atoms with Gasteiger partial charge in [0.25, 0.3) is 5.91 Å². The van der Waals surface area contributed by atoms with Crippen LogP contribution in [0.3, 0.4) is 0 Å². The number of anilines is 2. The number of hydrogen-bond donors (Lipinski definition) is 1. The molecule has 0 aliphatic carbocycles. The van der Waals surface area contributed by atoms with Gasteiger partial charge >= 0.3 is 0 Å². The molecule has 1 saturated heterocycles. The van der Waals surface area contributed by atoms with E-state index in [1.807, 2.05) is 43.3 Å². The lowest BCUT2D eigenvalue weighted by Crippen LogP contribution is -2.37. The molecule has 0 unspecified atom stereocenters. The number of hydrogen-bond acceptors (Lipinski definition) is 4.